The van der Waals surface area contributed by atoms with E-state index < -0.39 is 0 Å². The molecule has 4 aromatic rings. The highest BCUT2D eigenvalue weighted by molar-refractivity contribution is 7.99. The molecule has 3 heterocycles. The summed E-state index contributed by atoms with van der Waals surface area (Å²) < 4.78 is 7.49. The lowest BCUT2D eigenvalue weighted by atomic mass is 10.1. The number of H-pyrrole nitrogens is 1. The van der Waals surface area contributed by atoms with Gasteiger partial charge in [-0.1, -0.05) is 35.5 Å². The van der Waals surface area contributed by atoms with Gasteiger partial charge in [0.1, 0.15) is 5.76 Å². The highest BCUT2D eigenvalue weighted by Gasteiger charge is 2.17. The molecule has 0 atom stereocenters. The zero-order chi connectivity index (χ0) is 18.6. The van der Waals surface area contributed by atoms with Crippen LogP contribution in [0.3, 0.4) is 0 Å². The molecule has 136 valence electrons. The highest BCUT2D eigenvalue weighted by Crippen LogP contribution is 2.26. The van der Waals surface area contributed by atoms with Gasteiger partial charge in [-0.3, -0.25) is 9.36 Å². The van der Waals surface area contributed by atoms with Gasteiger partial charge in [0, 0.05) is 11.8 Å². The molecule has 0 aliphatic heterocycles. The van der Waals surface area contributed by atoms with Crippen molar-refractivity contribution >= 4 is 17.5 Å². The maximum Gasteiger partial charge on any atom is 0.192 e. The van der Waals surface area contributed by atoms with Gasteiger partial charge in [0.15, 0.2) is 16.8 Å². The largest absolute Gasteiger partial charge is 0.467 e. The molecule has 4 rings (SSSR count). The number of nitrogens with zero attached hydrogens (tertiary/aromatic N) is 3. The van der Waals surface area contributed by atoms with Gasteiger partial charge in [-0.25, -0.2) is 0 Å². The van der Waals surface area contributed by atoms with Crippen LogP contribution in [0.5, 0.6) is 0 Å². The summed E-state index contributed by atoms with van der Waals surface area (Å²) in [7, 11) is 0. The number of rotatable bonds is 7. The molecule has 27 heavy (non-hydrogen) atoms. The second-order valence-electron chi connectivity index (χ2n) is 6.14. The van der Waals surface area contributed by atoms with E-state index in [0.29, 0.717) is 17.4 Å². The Kier molecular flexibility index (Phi) is 4.93. The minimum absolute atomic E-state index is 0.0228. The number of carbonyl (C=O) groups excluding carboxylic acids is 1. The first kappa shape index (κ1) is 17.4. The molecule has 0 amide bonds. The number of hydrogen-bond donors (Lipinski definition) is 1. The molecule has 1 N–H and O–H groups in total. The van der Waals surface area contributed by atoms with Crippen molar-refractivity contribution in [3.05, 3.63) is 78.0 Å². The average molecular weight is 378 g/mol. The molecule has 0 aliphatic rings. The Morgan fingerprint density at radius 3 is 2.85 bits per heavy atom. The molecule has 3 aromatic heterocycles. The Morgan fingerprint density at radius 1 is 1.19 bits per heavy atom. The minimum atomic E-state index is 0.0228. The second-order valence-corrected chi connectivity index (χ2v) is 7.08. The number of benzene rings is 1. The van der Waals surface area contributed by atoms with Crippen LogP contribution in [0.1, 0.15) is 21.8 Å². The predicted octanol–water partition coefficient (Wildman–Crippen LogP) is 4.20. The van der Waals surface area contributed by atoms with Crippen molar-refractivity contribution in [1.29, 1.82) is 0 Å². The number of aromatic nitrogens is 4. The number of ketones is 1. The van der Waals surface area contributed by atoms with Crippen molar-refractivity contribution in [2.24, 2.45) is 0 Å². The number of Topliss-reactive ketones (excluding diaryl/α,β-unsaturated/α-hetero) is 1. The normalized spacial score (nSPS) is 11.0. The maximum atomic E-state index is 12.3. The Bertz CT molecular complexity index is 1040. The van der Waals surface area contributed by atoms with E-state index in [0.717, 1.165) is 22.7 Å². The van der Waals surface area contributed by atoms with Crippen molar-refractivity contribution < 1.29 is 9.21 Å². The second kappa shape index (κ2) is 7.67. The van der Waals surface area contributed by atoms with E-state index in [4.69, 9.17) is 4.42 Å². The molecule has 0 saturated heterocycles. The van der Waals surface area contributed by atoms with E-state index in [1.54, 1.807) is 18.5 Å². The van der Waals surface area contributed by atoms with E-state index in [-0.39, 0.29) is 11.5 Å². The van der Waals surface area contributed by atoms with Crippen LogP contribution in [-0.2, 0) is 6.54 Å². The maximum absolute atomic E-state index is 12.3. The van der Waals surface area contributed by atoms with Crippen LogP contribution in [0.4, 0.5) is 0 Å². The standard InChI is InChI=1S/C20H18N4O2S/c1-14-5-2-6-15(11-14)19-22-23-20(24(19)12-16-7-4-10-26-16)27-13-18(25)17-8-3-9-21-17/h2-11,21H,12-13H2,1H3. The third-order valence-corrected chi connectivity index (χ3v) is 5.08. The fourth-order valence-corrected chi connectivity index (χ4v) is 3.63. The zero-order valence-electron chi connectivity index (χ0n) is 14.8. The molecular formula is C20H18N4O2S. The molecule has 6 nitrogen and oxygen atoms in total. The summed E-state index contributed by atoms with van der Waals surface area (Å²) in [5.74, 6) is 1.87. The Morgan fingerprint density at radius 2 is 2.11 bits per heavy atom. The molecule has 0 radical (unpaired) electrons. The molecule has 0 spiro atoms. The number of aromatic amines is 1. The number of furan rings is 1. The Balaban J connectivity index is 1.63. The summed E-state index contributed by atoms with van der Waals surface area (Å²) in [4.78, 5) is 15.2. The monoisotopic (exact) mass is 378 g/mol. The summed E-state index contributed by atoms with van der Waals surface area (Å²) in [6, 6.07) is 15.5. The molecule has 0 saturated carbocycles. The molecule has 0 unspecified atom stereocenters. The third kappa shape index (κ3) is 3.88. The fourth-order valence-electron chi connectivity index (χ4n) is 2.81. The summed E-state index contributed by atoms with van der Waals surface area (Å²) in [5, 5.41) is 9.39. The lowest BCUT2D eigenvalue weighted by Gasteiger charge is -2.09. The van der Waals surface area contributed by atoms with Crippen molar-refractivity contribution in [3.8, 4) is 11.4 Å². The van der Waals surface area contributed by atoms with Crippen LogP contribution < -0.4 is 0 Å². The number of thioether (sulfide) groups is 1. The van der Waals surface area contributed by atoms with Crippen molar-refractivity contribution in [3.63, 3.8) is 0 Å². The van der Waals surface area contributed by atoms with Crippen LogP contribution in [-0.4, -0.2) is 31.3 Å². The van der Waals surface area contributed by atoms with Gasteiger partial charge >= 0.3 is 0 Å². The summed E-state index contributed by atoms with van der Waals surface area (Å²) >= 11 is 1.37. The quantitative estimate of drug-likeness (QED) is 0.385. The number of hydrogen-bond acceptors (Lipinski definition) is 5. The van der Waals surface area contributed by atoms with Gasteiger partial charge in [-0.2, -0.15) is 0 Å². The Hall–Kier alpha value is -3.06. The SMILES string of the molecule is Cc1cccc(-c2nnc(SCC(=O)c3ccc[nH]3)n2Cc2ccco2)c1. The summed E-state index contributed by atoms with van der Waals surface area (Å²) in [6.45, 7) is 2.55. The van der Waals surface area contributed by atoms with E-state index in [9.17, 15) is 4.79 Å². The summed E-state index contributed by atoms with van der Waals surface area (Å²) in [5.41, 5.74) is 2.73. The molecular weight excluding hydrogens is 360 g/mol. The Labute approximate surface area is 160 Å². The van der Waals surface area contributed by atoms with Gasteiger partial charge in [-0.15, -0.1) is 10.2 Å². The van der Waals surface area contributed by atoms with Gasteiger partial charge in [-0.05, 0) is 37.3 Å². The highest BCUT2D eigenvalue weighted by atomic mass is 32.2. The predicted molar refractivity (Wildman–Crippen MR) is 104 cm³/mol. The van der Waals surface area contributed by atoms with E-state index in [1.165, 1.54) is 11.8 Å². The topological polar surface area (TPSA) is 76.7 Å². The van der Waals surface area contributed by atoms with Gasteiger partial charge in [0.25, 0.3) is 0 Å². The number of aryl methyl sites for hydroxylation is 1. The first-order valence-electron chi connectivity index (χ1n) is 8.53. The average Bonchev–Trinajstić information content (AvgIpc) is 3.43. The number of carbonyl (C=O) groups is 1. The van der Waals surface area contributed by atoms with Crippen LogP contribution in [0.25, 0.3) is 11.4 Å². The molecule has 7 heteroatoms. The molecule has 0 fully saturated rings. The number of nitrogens with one attached hydrogen (secondary N) is 1. The van der Waals surface area contributed by atoms with E-state index in [2.05, 4.69) is 21.2 Å². The molecule has 1 aromatic carbocycles. The van der Waals surface area contributed by atoms with Crippen molar-refractivity contribution in [2.45, 2.75) is 18.6 Å². The van der Waals surface area contributed by atoms with Crippen LogP contribution >= 0.6 is 11.8 Å². The smallest absolute Gasteiger partial charge is 0.192 e. The molecule has 0 aliphatic carbocycles. The van der Waals surface area contributed by atoms with E-state index >= 15 is 0 Å². The van der Waals surface area contributed by atoms with Gasteiger partial charge in [0.05, 0.1) is 24.3 Å². The minimum Gasteiger partial charge on any atom is -0.467 e. The van der Waals surface area contributed by atoms with Crippen LogP contribution in [0.15, 0.2) is 70.6 Å². The van der Waals surface area contributed by atoms with Crippen LogP contribution in [0, 0.1) is 6.92 Å². The first-order valence-corrected chi connectivity index (χ1v) is 9.51. The van der Waals surface area contributed by atoms with E-state index in [1.807, 2.05) is 47.9 Å². The third-order valence-electron chi connectivity index (χ3n) is 4.12. The lowest BCUT2D eigenvalue weighted by Crippen LogP contribution is -2.07. The van der Waals surface area contributed by atoms with Crippen LogP contribution in [0.2, 0.25) is 0 Å². The molecule has 0 bridgehead atoms. The fraction of sp³-hybridized carbons (Fsp3) is 0.150. The lowest BCUT2D eigenvalue weighted by molar-refractivity contribution is 0.101. The van der Waals surface area contributed by atoms with Crippen molar-refractivity contribution in [1.82, 2.24) is 19.7 Å². The van der Waals surface area contributed by atoms with Gasteiger partial charge in [0.2, 0.25) is 0 Å². The van der Waals surface area contributed by atoms with Gasteiger partial charge < -0.3 is 9.40 Å². The van der Waals surface area contributed by atoms with Crippen molar-refractivity contribution in [2.75, 3.05) is 5.75 Å². The summed E-state index contributed by atoms with van der Waals surface area (Å²) in [6.07, 6.45) is 3.39. The first-order chi connectivity index (χ1) is 13.2. The zero-order valence-corrected chi connectivity index (χ0v) is 15.6.